The largest absolute Gasteiger partial charge is 2.00 e. The summed E-state index contributed by atoms with van der Waals surface area (Å²) in [7, 11) is 0. The second-order valence-electron chi connectivity index (χ2n) is 2.35. The summed E-state index contributed by atoms with van der Waals surface area (Å²) in [6, 6.07) is -5.96. The summed E-state index contributed by atoms with van der Waals surface area (Å²) in [4.78, 5) is 0. The van der Waals surface area contributed by atoms with E-state index in [-0.39, 0.29) is 55.8 Å². The zero-order chi connectivity index (χ0) is 11.1. The molecule has 2 nitrogen and oxygen atoms in total. The third-order valence-electron chi connectivity index (χ3n) is 1.29. The minimum atomic E-state index is -6.13. The molecular formula is C5H4BaF6O2. The standard InChI is InChI=1S/C5H4F6O2.Ba/c1-2(6)3(7,8)4(9,10)5(11,12)13;/h2H,1H3;/q-2;+2. The Balaban J connectivity index is 0. The van der Waals surface area contributed by atoms with Gasteiger partial charge in [0.1, 0.15) is 0 Å². The summed E-state index contributed by atoms with van der Waals surface area (Å²) in [5, 5.41) is 18.9. The van der Waals surface area contributed by atoms with Crippen molar-refractivity contribution in [2.45, 2.75) is 31.0 Å². The van der Waals surface area contributed by atoms with Crippen LogP contribution in [0.3, 0.4) is 0 Å². The fourth-order valence-electron chi connectivity index (χ4n) is 0.449. The van der Waals surface area contributed by atoms with Crippen LogP contribution in [-0.2, 0) is 0 Å². The molecule has 0 aromatic heterocycles. The Kier molecular flexibility index (Phi) is 6.16. The SMILES string of the molecule is CC(F)C(F)(F)C(F)(F)C([O-])([O-])F.[Ba+2]. The Bertz CT molecular complexity index is 189. The van der Waals surface area contributed by atoms with E-state index in [0.29, 0.717) is 0 Å². The quantitative estimate of drug-likeness (QED) is 0.395. The van der Waals surface area contributed by atoms with E-state index in [1.165, 1.54) is 0 Å². The van der Waals surface area contributed by atoms with Crippen LogP contribution in [0.4, 0.5) is 26.3 Å². The first-order valence-electron chi connectivity index (χ1n) is 2.94. The smallest absolute Gasteiger partial charge is 0.834 e. The third kappa shape index (κ3) is 3.03. The second kappa shape index (κ2) is 4.94. The van der Waals surface area contributed by atoms with Gasteiger partial charge < -0.3 is 10.2 Å². The van der Waals surface area contributed by atoms with E-state index in [2.05, 4.69) is 0 Å². The van der Waals surface area contributed by atoms with Crippen molar-refractivity contribution in [1.82, 2.24) is 0 Å². The fraction of sp³-hybridized carbons (Fsp3) is 1.00. The molecule has 0 aromatic carbocycles. The Hall–Kier alpha value is 1.07. The van der Waals surface area contributed by atoms with Crippen molar-refractivity contribution in [2.75, 3.05) is 0 Å². The Morgan fingerprint density at radius 3 is 1.36 bits per heavy atom. The van der Waals surface area contributed by atoms with Gasteiger partial charge in [0.05, 0.1) is 0 Å². The minimum Gasteiger partial charge on any atom is -0.834 e. The van der Waals surface area contributed by atoms with E-state index >= 15 is 0 Å². The van der Waals surface area contributed by atoms with Crippen LogP contribution in [0.1, 0.15) is 6.92 Å². The zero-order valence-electron chi connectivity index (χ0n) is 6.87. The average molecular weight is 347 g/mol. The maximum absolute atomic E-state index is 12.1. The molecule has 14 heavy (non-hydrogen) atoms. The maximum atomic E-state index is 12.1. The molecule has 0 aliphatic heterocycles. The number of rotatable bonds is 3. The molecule has 0 fully saturated rings. The van der Waals surface area contributed by atoms with Gasteiger partial charge in [0.15, 0.2) is 6.17 Å². The molecule has 1 atom stereocenters. The van der Waals surface area contributed by atoms with Gasteiger partial charge in [0.2, 0.25) is 0 Å². The zero-order valence-corrected chi connectivity index (χ0v) is 11.3. The summed E-state index contributed by atoms with van der Waals surface area (Å²) >= 11 is 0. The van der Waals surface area contributed by atoms with Crippen LogP contribution in [0.15, 0.2) is 0 Å². The van der Waals surface area contributed by atoms with Gasteiger partial charge in [-0.05, 0) is 6.92 Å². The average Bonchev–Trinajstić information content (AvgIpc) is 1.84. The maximum Gasteiger partial charge on any atom is 2.00 e. The molecule has 0 radical (unpaired) electrons. The van der Waals surface area contributed by atoms with E-state index in [1.54, 1.807) is 0 Å². The van der Waals surface area contributed by atoms with E-state index < -0.39 is 24.1 Å². The summed E-state index contributed by atoms with van der Waals surface area (Å²) in [5.41, 5.74) is 0. The van der Waals surface area contributed by atoms with Crippen LogP contribution >= 0.6 is 0 Å². The van der Waals surface area contributed by atoms with Crippen LogP contribution in [-0.4, -0.2) is 72.9 Å². The van der Waals surface area contributed by atoms with Gasteiger partial charge >= 0.3 is 60.7 Å². The van der Waals surface area contributed by atoms with Gasteiger partial charge in [-0.15, -0.1) is 0 Å². The van der Waals surface area contributed by atoms with Crippen molar-refractivity contribution in [3.8, 4) is 0 Å². The topological polar surface area (TPSA) is 46.1 Å². The number of hydrogen-bond donors (Lipinski definition) is 0. The van der Waals surface area contributed by atoms with E-state index in [0.717, 1.165) is 0 Å². The van der Waals surface area contributed by atoms with Crippen molar-refractivity contribution in [3.63, 3.8) is 0 Å². The van der Waals surface area contributed by atoms with Gasteiger partial charge in [-0.2, -0.15) is 17.6 Å². The Morgan fingerprint density at radius 2 is 1.29 bits per heavy atom. The van der Waals surface area contributed by atoms with Crippen molar-refractivity contribution >= 4 is 48.9 Å². The molecule has 0 rings (SSSR count). The van der Waals surface area contributed by atoms with Gasteiger partial charge in [0.25, 0.3) is 0 Å². The molecule has 0 aromatic rings. The predicted octanol–water partition coefficient (Wildman–Crippen LogP) is -0.422. The van der Waals surface area contributed by atoms with Crippen LogP contribution in [0, 0.1) is 0 Å². The summed E-state index contributed by atoms with van der Waals surface area (Å²) in [6.45, 7) is -0.0142. The van der Waals surface area contributed by atoms with Crippen molar-refractivity contribution in [3.05, 3.63) is 0 Å². The van der Waals surface area contributed by atoms with Gasteiger partial charge in [-0.3, -0.25) is 4.39 Å². The molecule has 0 heterocycles. The van der Waals surface area contributed by atoms with Crippen LogP contribution in [0.2, 0.25) is 0 Å². The summed E-state index contributed by atoms with van der Waals surface area (Å²) in [6.07, 6.45) is -3.50. The molecule has 0 saturated carbocycles. The summed E-state index contributed by atoms with van der Waals surface area (Å²) in [5.74, 6) is -11.8. The number of alkyl halides is 6. The first kappa shape index (κ1) is 17.5. The molecule has 1 unspecified atom stereocenters. The van der Waals surface area contributed by atoms with Crippen LogP contribution in [0.25, 0.3) is 0 Å². The number of hydrogen-bond acceptors (Lipinski definition) is 2. The van der Waals surface area contributed by atoms with Crippen LogP contribution < -0.4 is 10.2 Å². The number of halogens is 6. The monoisotopic (exact) mass is 348 g/mol. The normalized spacial score (nSPS) is 16.1. The summed E-state index contributed by atoms with van der Waals surface area (Å²) < 4.78 is 71.4. The molecular weight excluding hydrogens is 343 g/mol. The van der Waals surface area contributed by atoms with E-state index in [4.69, 9.17) is 0 Å². The first-order chi connectivity index (χ1) is 5.44. The second-order valence-corrected chi connectivity index (χ2v) is 2.35. The van der Waals surface area contributed by atoms with Gasteiger partial charge in [0, 0.05) is 6.04 Å². The van der Waals surface area contributed by atoms with Crippen molar-refractivity contribution in [1.29, 1.82) is 0 Å². The molecule has 0 spiro atoms. The van der Waals surface area contributed by atoms with Gasteiger partial charge in [-0.1, -0.05) is 0 Å². The third-order valence-corrected chi connectivity index (χ3v) is 1.29. The Labute approximate surface area is 115 Å². The molecule has 80 valence electrons. The molecule has 0 amide bonds. The van der Waals surface area contributed by atoms with E-state index in [9.17, 15) is 36.6 Å². The minimum absolute atomic E-state index is 0. The Morgan fingerprint density at radius 1 is 1.00 bits per heavy atom. The van der Waals surface area contributed by atoms with Gasteiger partial charge in [-0.25, -0.2) is 4.39 Å². The molecule has 0 N–H and O–H groups in total. The first-order valence-corrected chi connectivity index (χ1v) is 2.94. The van der Waals surface area contributed by atoms with Crippen molar-refractivity contribution in [2.24, 2.45) is 0 Å². The molecule has 0 aliphatic carbocycles. The molecule has 0 saturated heterocycles. The van der Waals surface area contributed by atoms with Crippen molar-refractivity contribution < 1.29 is 36.6 Å². The van der Waals surface area contributed by atoms with E-state index in [1.807, 2.05) is 0 Å². The molecule has 0 bridgehead atoms. The van der Waals surface area contributed by atoms with Crippen LogP contribution in [0.5, 0.6) is 0 Å². The molecule has 9 heteroatoms. The fourth-order valence-corrected chi connectivity index (χ4v) is 0.449. The predicted molar refractivity (Wildman–Crippen MR) is 30.1 cm³/mol. The molecule has 0 aliphatic rings.